The van der Waals surface area contributed by atoms with Crippen molar-refractivity contribution >= 4 is 22.9 Å². The highest BCUT2D eigenvalue weighted by molar-refractivity contribution is 5.85. The molecule has 1 aliphatic heterocycles. The van der Waals surface area contributed by atoms with Crippen molar-refractivity contribution in [1.82, 2.24) is 30.0 Å². The molecule has 1 fully saturated rings. The number of ether oxygens (including phenoxy) is 2. The summed E-state index contributed by atoms with van der Waals surface area (Å²) in [5.74, 6) is 2.52. The van der Waals surface area contributed by atoms with Gasteiger partial charge in [-0.05, 0) is 48.9 Å². The molecule has 1 aliphatic rings. The van der Waals surface area contributed by atoms with E-state index < -0.39 is 0 Å². The molecule has 0 unspecified atom stereocenters. The van der Waals surface area contributed by atoms with Gasteiger partial charge in [-0.25, -0.2) is 9.37 Å². The van der Waals surface area contributed by atoms with Crippen molar-refractivity contribution in [3.05, 3.63) is 53.8 Å². The number of rotatable bonds is 10. The maximum absolute atomic E-state index is 13.3. The Balaban J connectivity index is 1.48. The first-order chi connectivity index (χ1) is 19.1. The molecule has 3 heterocycles. The number of anilines is 2. The molecule has 5 rings (SSSR count). The van der Waals surface area contributed by atoms with Gasteiger partial charge in [0.1, 0.15) is 5.82 Å². The van der Waals surface area contributed by atoms with E-state index in [4.69, 9.17) is 19.4 Å². The molecule has 10 nitrogen and oxygen atoms in total. The second-order valence-corrected chi connectivity index (χ2v) is 9.41. The Labute approximate surface area is 227 Å². The molecular weight excluding hydrogens is 499 g/mol. The standard InChI is InChI=1S/C28H33FN8O2/c1-4-5-12-36-13-15-37(16-14-36)27-24-26(32-28(33-27)30-18-19-6-9-21(29)10-7-19)35-34-25(31-24)20-8-11-22(38-2)23(17-20)39-3/h6-11,17H,4-5,12-16,18H2,1-3H3,(H,30,32,33,35). The van der Waals surface area contributed by atoms with Crippen LogP contribution in [0.1, 0.15) is 25.3 Å². The Morgan fingerprint density at radius 2 is 1.67 bits per heavy atom. The van der Waals surface area contributed by atoms with Gasteiger partial charge in [0, 0.05) is 38.3 Å². The van der Waals surface area contributed by atoms with Crippen LogP contribution in [0.2, 0.25) is 0 Å². The van der Waals surface area contributed by atoms with Crippen molar-refractivity contribution in [2.24, 2.45) is 0 Å². The summed E-state index contributed by atoms with van der Waals surface area (Å²) in [6, 6.07) is 11.9. The van der Waals surface area contributed by atoms with E-state index in [0.717, 1.165) is 43.9 Å². The van der Waals surface area contributed by atoms with Crippen molar-refractivity contribution in [2.75, 3.05) is 57.2 Å². The lowest BCUT2D eigenvalue weighted by Crippen LogP contribution is -2.47. The van der Waals surface area contributed by atoms with Crippen LogP contribution in [0.4, 0.5) is 16.2 Å². The molecule has 4 aromatic rings. The smallest absolute Gasteiger partial charge is 0.227 e. The molecule has 0 bridgehead atoms. The first kappa shape index (κ1) is 26.5. The van der Waals surface area contributed by atoms with E-state index >= 15 is 0 Å². The number of nitrogens with one attached hydrogen (secondary N) is 1. The van der Waals surface area contributed by atoms with Crippen molar-refractivity contribution < 1.29 is 13.9 Å². The molecule has 0 atom stereocenters. The maximum Gasteiger partial charge on any atom is 0.227 e. The average Bonchev–Trinajstić information content (AvgIpc) is 2.99. The summed E-state index contributed by atoms with van der Waals surface area (Å²) in [4.78, 5) is 19.1. The summed E-state index contributed by atoms with van der Waals surface area (Å²) in [5.41, 5.74) is 2.65. The minimum Gasteiger partial charge on any atom is -0.493 e. The van der Waals surface area contributed by atoms with Gasteiger partial charge >= 0.3 is 0 Å². The zero-order valence-electron chi connectivity index (χ0n) is 22.5. The third-order valence-electron chi connectivity index (χ3n) is 6.81. The molecule has 0 spiro atoms. The molecular formula is C28H33FN8O2. The molecule has 0 aliphatic carbocycles. The number of halogens is 1. The maximum atomic E-state index is 13.3. The normalized spacial score (nSPS) is 14.0. The molecule has 1 saturated heterocycles. The van der Waals surface area contributed by atoms with E-state index in [1.54, 1.807) is 26.4 Å². The fraction of sp³-hybridized carbons (Fsp3) is 0.393. The number of piperazine rings is 1. The highest BCUT2D eigenvalue weighted by Gasteiger charge is 2.23. The lowest BCUT2D eigenvalue weighted by Gasteiger charge is -2.35. The Kier molecular flexibility index (Phi) is 8.26. The van der Waals surface area contributed by atoms with E-state index in [9.17, 15) is 4.39 Å². The molecule has 0 amide bonds. The van der Waals surface area contributed by atoms with Crippen molar-refractivity contribution in [3.63, 3.8) is 0 Å². The number of aromatic nitrogens is 5. The number of hydrogen-bond donors (Lipinski definition) is 1. The first-order valence-corrected chi connectivity index (χ1v) is 13.2. The van der Waals surface area contributed by atoms with Crippen LogP contribution in [0.5, 0.6) is 11.5 Å². The Bertz CT molecular complexity index is 1410. The lowest BCUT2D eigenvalue weighted by molar-refractivity contribution is 0.254. The first-order valence-electron chi connectivity index (χ1n) is 13.2. The van der Waals surface area contributed by atoms with Crippen molar-refractivity contribution in [1.29, 1.82) is 0 Å². The SMILES string of the molecule is CCCCN1CCN(c2nc(NCc3ccc(F)cc3)nc3nnc(-c4ccc(OC)c(OC)c4)nc23)CC1. The summed E-state index contributed by atoms with van der Waals surface area (Å²) in [5, 5.41) is 12.1. The van der Waals surface area contributed by atoms with Crippen molar-refractivity contribution in [2.45, 2.75) is 26.3 Å². The zero-order chi connectivity index (χ0) is 27.2. The molecule has 0 saturated carbocycles. The Morgan fingerprint density at radius 3 is 2.38 bits per heavy atom. The van der Waals surface area contributed by atoms with Crippen LogP contribution in [-0.2, 0) is 6.54 Å². The minimum atomic E-state index is -0.271. The molecule has 1 N–H and O–H groups in total. The second kappa shape index (κ2) is 12.2. The largest absolute Gasteiger partial charge is 0.493 e. The number of fused-ring (bicyclic) bond motifs is 1. The number of benzene rings is 2. The van der Waals surface area contributed by atoms with Gasteiger partial charge in [-0.2, -0.15) is 9.97 Å². The fourth-order valence-electron chi connectivity index (χ4n) is 4.57. The van der Waals surface area contributed by atoms with E-state index in [-0.39, 0.29) is 5.82 Å². The van der Waals surface area contributed by atoms with Gasteiger partial charge in [0.2, 0.25) is 11.6 Å². The topological polar surface area (TPSA) is 101 Å². The highest BCUT2D eigenvalue weighted by Crippen LogP contribution is 2.32. The number of unbranched alkanes of at least 4 members (excludes halogenated alkanes) is 1. The van der Waals surface area contributed by atoms with Gasteiger partial charge < -0.3 is 19.7 Å². The molecule has 2 aromatic carbocycles. The zero-order valence-corrected chi connectivity index (χ0v) is 22.5. The van der Waals surface area contributed by atoms with Crippen molar-refractivity contribution in [3.8, 4) is 22.9 Å². The van der Waals surface area contributed by atoms with Crippen LogP contribution in [0, 0.1) is 5.82 Å². The molecule has 0 radical (unpaired) electrons. The van der Waals surface area contributed by atoms with Gasteiger partial charge in [0.05, 0.1) is 14.2 Å². The van der Waals surface area contributed by atoms with Crippen LogP contribution in [0.25, 0.3) is 22.6 Å². The fourth-order valence-corrected chi connectivity index (χ4v) is 4.57. The van der Waals surface area contributed by atoms with Gasteiger partial charge in [-0.15, -0.1) is 10.2 Å². The summed E-state index contributed by atoms with van der Waals surface area (Å²) < 4.78 is 24.2. The van der Waals surface area contributed by atoms with E-state index in [1.165, 1.54) is 25.0 Å². The van der Waals surface area contributed by atoms with Crippen LogP contribution in [0.15, 0.2) is 42.5 Å². The van der Waals surface area contributed by atoms with Crippen LogP contribution < -0.4 is 19.7 Å². The summed E-state index contributed by atoms with van der Waals surface area (Å²) in [7, 11) is 3.19. The molecule has 39 heavy (non-hydrogen) atoms. The Hall–Kier alpha value is -4.12. The van der Waals surface area contributed by atoms with Crippen LogP contribution in [0.3, 0.4) is 0 Å². The van der Waals surface area contributed by atoms with Crippen LogP contribution >= 0.6 is 0 Å². The Morgan fingerprint density at radius 1 is 0.897 bits per heavy atom. The van der Waals surface area contributed by atoms with Crippen LogP contribution in [-0.4, -0.2) is 77.0 Å². The number of methoxy groups -OCH3 is 2. The minimum absolute atomic E-state index is 0.271. The third kappa shape index (κ3) is 6.14. The third-order valence-corrected chi connectivity index (χ3v) is 6.81. The summed E-state index contributed by atoms with van der Waals surface area (Å²) >= 11 is 0. The summed E-state index contributed by atoms with van der Waals surface area (Å²) in [6.07, 6.45) is 2.38. The molecule has 204 valence electrons. The summed E-state index contributed by atoms with van der Waals surface area (Å²) in [6.45, 7) is 7.31. The van der Waals surface area contributed by atoms with E-state index in [0.29, 0.717) is 46.8 Å². The second-order valence-electron chi connectivity index (χ2n) is 9.41. The van der Waals surface area contributed by atoms with E-state index in [1.807, 2.05) is 18.2 Å². The van der Waals surface area contributed by atoms with Gasteiger partial charge in [-0.1, -0.05) is 25.5 Å². The molecule has 11 heteroatoms. The van der Waals surface area contributed by atoms with Gasteiger partial charge in [0.15, 0.2) is 28.7 Å². The van der Waals surface area contributed by atoms with Gasteiger partial charge in [0.25, 0.3) is 0 Å². The predicted octanol–water partition coefficient (Wildman–Crippen LogP) is 4.17. The quantitative estimate of drug-likeness (QED) is 0.320. The number of hydrogen-bond acceptors (Lipinski definition) is 10. The number of nitrogens with zero attached hydrogens (tertiary/aromatic N) is 7. The monoisotopic (exact) mass is 532 g/mol. The van der Waals surface area contributed by atoms with E-state index in [2.05, 4.69) is 37.2 Å². The molecule has 2 aromatic heterocycles. The highest BCUT2D eigenvalue weighted by atomic mass is 19.1. The van der Waals surface area contributed by atoms with Gasteiger partial charge in [-0.3, -0.25) is 4.90 Å². The predicted molar refractivity (Wildman–Crippen MR) is 149 cm³/mol. The average molecular weight is 533 g/mol. The lowest BCUT2D eigenvalue weighted by atomic mass is 10.2.